The number of halogens is 1. The van der Waals surface area contributed by atoms with Crippen LogP contribution in [0.4, 0.5) is 0 Å². The number of hydrogen-bond acceptors (Lipinski definition) is 4. The third kappa shape index (κ3) is 1.96. The lowest BCUT2D eigenvalue weighted by molar-refractivity contribution is 0.183. The predicted octanol–water partition coefficient (Wildman–Crippen LogP) is 1.39. The smallest absolute Gasteiger partial charge is 0.236 e. The molecule has 0 aliphatic heterocycles. The first-order valence-corrected chi connectivity index (χ1v) is 5.03. The molecule has 2 N–H and O–H groups in total. The molecule has 2 rings (SSSR count). The molecule has 14 heavy (non-hydrogen) atoms. The molecule has 0 bridgehead atoms. The van der Waals surface area contributed by atoms with Gasteiger partial charge in [-0.05, 0) is 19.3 Å². The highest BCUT2D eigenvalue weighted by atomic mass is 35.5. The lowest BCUT2D eigenvalue weighted by atomic mass is 10.2. The van der Waals surface area contributed by atoms with E-state index in [0.717, 1.165) is 19.3 Å². The molecule has 2 unspecified atom stereocenters. The normalized spacial score (nSPS) is 26.4. The topological polar surface area (TPSA) is 61.0 Å². The average Bonchev–Trinajstić information content (AvgIpc) is 2.56. The minimum absolute atomic E-state index is 0.0439. The summed E-state index contributed by atoms with van der Waals surface area (Å²) in [5.41, 5.74) is 5.87. The second kappa shape index (κ2) is 4.11. The molecule has 4 nitrogen and oxygen atoms in total. The number of ether oxygens (including phenoxy) is 1. The molecule has 1 heterocycles. The van der Waals surface area contributed by atoms with Gasteiger partial charge in [0.2, 0.25) is 5.88 Å². The van der Waals surface area contributed by atoms with Gasteiger partial charge in [-0.2, -0.15) is 0 Å². The van der Waals surface area contributed by atoms with Crippen molar-refractivity contribution in [2.75, 3.05) is 0 Å². The zero-order valence-electron chi connectivity index (χ0n) is 7.69. The summed E-state index contributed by atoms with van der Waals surface area (Å²) in [5.74, 6) is 0.434. The van der Waals surface area contributed by atoms with Crippen LogP contribution < -0.4 is 10.5 Å². The van der Waals surface area contributed by atoms with Gasteiger partial charge in [0.1, 0.15) is 17.5 Å². The summed E-state index contributed by atoms with van der Waals surface area (Å²) >= 11 is 5.86. The monoisotopic (exact) mass is 213 g/mol. The van der Waals surface area contributed by atoms with Gasteiger partial charge < -0.3 is 10.5 Å². The van der Waals surface area contributed by atoms with Gasteiger partial charge in [-0.25, -0.2) is 9.97 Å². The van der Waals surface area contributed by atoms with Crippen molar-refractivity contribution in [3.63, 3.8) is 0 Å². The fraction of sp³-hybridized carbons (Fsp3) is 0.556. The molecule has 1 aliphatic rings. The Kier molecular flexibility index (Phi) is 2.84. The molecule has 0 aromatic carbocycles. The van der Waals surface area contributed by atoms with E-state index in [1.165, 1.54) is 12.5 Å². The Hall–Kier alpha value is -0.870. The molecule has 76 valence electrons. The maximum atomic E-state index is 5.87. The van der Waals surface area contributed by atoms with E-state index >= 15 is 0 Å². The summed E-state index contributed by atoms with van der Waals surface area (Å²) < 4.78 is 5.61. The van der Waals surface area contributed by atoms with Crippen LogP contribution in [-0.2, 0) is 0 Å². The van der Waals surface area contributed by atoms with Crippen LogP contribution in [0.2, 0.25) is 5.02 Å². The van der Waals surface area contributed by atoms with Crippen molar-refractivity contribution in [3.05, 3.63) is 17.5 Å². The van der Waals surface area contributed by atoms with Crippen molar-refractivity contribution in [1.82, 2.24) is 9.97 Å². The number of hydrogen-bond donors (Lipinski definition) is 1. The summed E-state index contributed by atoms with van der Waals surface area (Å²) in [7, 11) is 0. The van der Waals surface area contributed by atoms with Gasteiger partial charge in [0.25, 0.3) is 0 Å². The van der Waals surface area contributed by atoms with Crippen molar-refractivity contribution in [3.8, 4) is 5.88 Å². The number of rotatable bonds is 2. The summed E-state index contributed by atoms with van der Waals surface area (Å²) in [6.07, 6.45) is 6.07. The van der Waals surface area contributed by atoms with E-state index in [1.807, 2.05) is 0 Å². The van der Waals surface area contributed by atoms with Gasteiger partial charge in [-0.15, -0.1) is 0 Å². The Morgan fingerprint density at radius 3 is 3.00 bits per heavy atom. The molecule has 0 saturated heterocycles. The standard InChI is InChI=1S/C9H12ClN3O/c10-6-4-12-5-13-9(6)14-8-3-1-2-7(8)11/h4-5,7-8H,1-3,11H2. The number of nitrogens with two attached hydrogens (primary N) is 1. The lowest BCUT2D eigenvalue weighted by Gasteiger charge is -2.17. The second-order valence-corrected chi connectivity index (χ2v) is 3.83. The zero-order chi connectivity index (χ0) is 9.97. The van der Waals surface area contributed by atoms with Gasteiger partial charge in [-0.3, -0.25) is 0 Å². The molecule has 0 spiro atoms. The Morgan fingerprint density at radius 1 is 1.50 bits per heavy atom. The van der Waals surface area contributed by atoms with Crippen LogP contribution in [0.25, 0.3) is 0 Å². The maximum Gasteiger partial charge on any atom is 0.236 e. The van der Waals surface area contributed by atoms with Crippen LogP contribution in [-0.4, -0.2) is 22.1 Å². The van der Waals surface area contributed by atoms with Crippen molar-refractivity contribution < 1.29 is 4.74 Å². The van der Waals surface area contributed by atoms with Crippen molar-refractivity contribution in [2.45, 2.75) is 31.4 Å². The van der Waals surface area contributed by atoms with E-state index in [2.05, 4.69) is 9.97 Å². The molecule has 1 aliphatic carbocycles. The molecular weight excluding hydrogens is 202 g/mol. The average molecular weight is 214 g/mol. The zero-order valence-corrected chi connectivity index (χ0v) is 8.44. The predicted molar refractivity (Wildman–Crippen MR) is 53.3 cm³/mol. The summed E-state index contributed by atoms with van der Waals surface area (Å²) in [6, 6.07) is 0.0982. The largest absolute Gasteiger partial charge is 0.472 e. The second-order valence-electron chi connectivity index (χ2n) is 3.43. The molecule has 1 fully saturated rings. The molecule has 2 atom stereocenters. The molecule has 5 heteroatoms. The number of aromatic nitrogens is 2. The van der Waals surface area contributed by atoms with Crippen LogP contribution in [0.15, 0.2) is 12.5 Å². The highest BCUT2D eigenvalue weighted by Crippen LogP contribution is 2.26. The minimum atomic E-state index is 0.0439. The van der Waals surface area contributed by atoms with Gasteiger partial charge in [0.15, 0.2) is 0 Å². The molecule has 1 saturated carbocycles. The van der Waals surface area contributed by atoms with Crippen LogP contribution in [0.3, 0.4) is 0 Å². The van der Waals surface area contributed by atoms with Crippen molar-refractivity contribution in [2.24, 2.45) is 5.73 Å². The van der Waals surface area contributed by atoms with Crippen LogP contribution >= 0.6 is 11.6 Å². The SMILES string of the molecule is NC1CCCC1Oc1ncncc1Cl. The summed E-state index contributed by atoms with van der Waals surface area (Å²) in [6.45, 7) is 0. The molecule has 0 radical (unpaired) electrons. The van der Waals surface area contributed by atoms with Crippen molar-refractivity contribution >= 4 is 11.6 Å². The Bertz CT molecular complexity index is 321. The van der Waals surface area contributed by atoms with Gasteiger partial charge >= 0.3 is 0 Å². The Balaban J connectivity index is 2.07. The third-order valence-electron chi connectivity index (χ3n) is 2.40. The number of nitrogens with zero attached hydrogens (tertiary/aromatic N) is 2. The van der Waals surface area contributed by atoms with E-state index in [0.29, 0.717) is 10.9 Å². The molecule has 1 aromatic rings. The quantitative estimate of drug-likeness (QED) is 0.807. The maximum absolute atomic E-state index is 5.87. The van der Waals surface area contributed by atoms with Crippen molar-refractivity contribution in [1.29, 1.82) is 0 Å². The summed E-state index contributed by atoms with van der Waals surface area (Å²) in [5, 5.41) is 0.437. The fourth-order valence-electron chi connectivity index (χ4n) is 1.63. The van der Waals surface area contributed by atoms with Crippen LogP contribution in [0.1, 0.15) is 19.3 Å². The molecular formula is C9H12ClN3O. The fourth-order valence-corrected chi connectivity index (χ4v) is 1.78. The van der Waals surface area contributed by atoms with Crippen LogP contribution in [0, 0.1) is 0 Å². The third-order valence-corrected chi connectivity index (χ3v) is 2.66. The van der Waals surface area contributed by atoms with E-state index in [9.17, 15) is 0 Å². The first-order chi connectivity index (χ1) is 6.77. The van der Waals surface area contributed by atoms with E-state index < -0.39 is 0 Å². The first kappa shape index (κ1) is 9.68. The van der Waals surface area contributed by atoms with E-state index in [-0.39, 0.29) is 12.1 Å². The molecule has 1 aromatic heterocycles. The van der Waals surface area contributed by atoms with Gasteiger partial charge in [0, 0.05) is 6.04 Å². The van der Waals surface area contributed by atoms with E-state index in [1.54, 1.807) is 0 Å². The Morgan fingerprint density at radius 2 is 2.36 bits per heavy atom. The van der Waals surface area contributed by atoms with Gasteiger partial charge in [-0.1, -0.05) is 11.6 Å². The highest BCUT2D eigenvalue weighted by Gasteiger charge is 2.26. The molecule has 0 amide bonds. The van der Waals surface area contributed by atoms with E-state index in [4.69, 9.17) is 22.1 Å². The highest BCUT2D eigenvalue weighted by molar-refractivity contribution is 6.31. The lowest BCUT2D eigenvalue weighted by Crippen LogP contribution is -2.33. The van der Waals surface area contributed by atoms with Gasteiger partial charge in [0.05, 0.1) is 6.20 Å². The minimum Gasteiger partial charge on any atom is -0.472 e. The Labute approximate surface area is 87.4 Å². The first-order valence-electron chi connectivity index (χ1n) is 4.65. The summed E-state index contributed by atoms with van der Waals surface area (Å²) in [4.78, 5) is 7.74. The van der Waals surface area contributed by atoms with Crippen LogP contribution in [0.5, 0.6) is 5.88 Å².